The number of hydrogen-bond donors (Lipinski definition) is 2. The summed E-state index contributed by atoms with van der Waals surface area (Å²) in [6.45, 7) is 4.86. The minimum absolute atomic E-state index is 0. The largest absolute Gasteiger partial charge is 0.356 e. The van der Waals surface area contributed by atoms with Crippen LogP contribution in [0.2, 0.25) is 0 Å². The van der Waals surface area contributed by atoms with Gasteiger partial charge in [-0.2, -0.15) is 0 Å². The van der Waals surface area contributed by atoms with Gasteiger partial charge in [0.15, 0.2) is 0 Å². The van der Waals surface area contributed by atoms with E-state index in [1.54, 1.807) is 0 Å². The van der Waals surface area contributed by atoms with E-state index in [4.69, 9.17) is 0 Å². The Morgan fingerprint density at radius 2 is 2.11 bits per heavy atom. The van der Waals surface area contributed by atoms with Gasteiger partial charge in [-0.3, -0.25) is 4.79 Å². The zero-order valence-corrected chi connectivity index (χ0v) is 12.3. The smallest absolute Gasteiger partial charge is 0.224 e. The first-order chi connectivity index (χ1) is 8.79. The molecule has 0 radical (unpaired) electrons. The number of halogens is 1. The summed E-state index contributed by atoms with van der Waals surface area (Å²) in [7, 11) is 0. The van der Waals surface area contributed by atoms with Gasteiger partial charge in [0.05, 0.1) is 6.42 Å². The first-order valence-electron chi connectivity index (χ1n) is 6.86. The number of amides is 1. The van der Waals surface area contributed by atoms with Crippen LogP contribution in [0.25, 0.3) is 0 Å². The van der Waals surface area contributed by atoms with E-state index in [-0.39, 0.29) is 18.3 Å². The van der Waals surface area contributed by atoms with Crippen molar-refractivity contribution in [2.24, 2.45) is 0 Å². The second-order valence-corrected chi connectivity index (χ2v) is 4.92. The zero-order chi connectivity index (χ0) is 12.8. The van der Waals surface area contributed by atoms with Crippen LogP contribution in [-0.4, -0.2) is 25.5 Å². The molecule has 1 aliphatic rings. The van der Waals surface area contributed by atoms with Crippen molar-refractivity contribution in [2.75, 3.05) is 19.6 Å². The van der Waals surface area contributed by atoms with E-state index in [1.165, 1.54) is 18.4 Å². The standard InChI is InChI=1S/C15H22N2O.ClH/c1-2-17-15(18)10-12-5-7-13(8-6-12)14-4-3-9-16-11-14;/h5-8,14,16H,2-4,9-11H2,1H3,(H,17,18);1H. The van der Waals surface area contributed by atoms with Gasteiger partial charge in [0.1, 0.15) is 0 Å². The van der Waals surface area contributed by atoms with Crippen LogP contribution in [0.4, 0.5) is 0 Å². The highest BCUT2D eigenvalue weighted by Gasteiger charge is 2.14. The second-order valence-electron chi connectivity index (χ2n) is 4.92. The van der Waals surface area contributed by atoms with Gasteiger partial charge in [-0.1, -0.05) is 24.3 Å². The molecule has 1 amide bonds. The molecular weight excluding hydrogens is 260 g/mol. The van der Waals surface area contributed by atoms with Crippen molar-refractivity contribution in [3.63, 3.8) is 0 Å². The molecule has 4 heteroatoms. The molecule has 2 rings (SSSR count). The van der Waals surface area contributed by atoms with Crippen LogP contribution in [0.15, 0.2) is 24.3 Å². The van der Waals surface area contributed by atoms with E-state index in [0.717, 1.165) is 18.7 Å². The van der Waals surface area contributed by atoms with Gasteiger partial charge >= 0.3 is 0 Å². The normalized spacial score (nSPS) is 18.5. The lowest BCUT2D eigenvalue weighted by Crippen LogP contribution is -2.28. The summed E-state index contributed by atoms with van der Waals surface area (Å²) in [6, 6.07) is 8.51. The Bertz CT molecular complexity index is 386. The Morgan fingerprint density at radius 3 is 2.68 bits per heavy atom. The van der Waals surface area contributed by atoms with E-state index in [0.29, 0.717) is 18.9 Å². The fourth-order valence-electron chi connectivity index (χ4n) is 2.49. The van der Waals surface area contributed by atoms with Gasteiger partial charge in [-0.05, 0) is 43.4 Å². The lowest BCUT2D eigenvalue weighted by Gasteiger charge is -2.23. The molecule has 1 heterocycles. The number of benzene rings is 1. The second kappa shape index (κ2) is 8.18. The van der Waals surface area contributed by atoms with Crippen molar-refractivity contribution >= 4 is 18.3 Å². The summed E-state index contributed by atoms with van der Waals surface area (Å²) < 4.78 is 0. The number of nitrogens with one attached hydrogen (secondary N) is 2. The topological polar surface area (TPSA) is 41.1 Å². The minimum atomic E-state index is 0. The first kappa shape index (κ1) is 16.0. The average Bonchev–Trinajstić information content (AvgIpc) is 2.41. The molecule has 1 saturated heterocycles. The number of hydrogen-bond acceptors (Lipinski definition) is 2. The van der Waals surface area contributed by atoms with Crippen molar-refractivity contribution in [3.8, 4) is 0 Å². The lowest BCUT2D eigenvalue weighted by molar-refractivity contribution is -0.120. The third-order valence-corrected chi connectivity index (χ3v) is 3.49. The maximum absolute atomic E-state index is 11.5. The predicted molar refractivity (Wildman–Crippen MR) is 80.9 cm³/mol. The van der Waals surface area contributed by atoms with E-state index in [9.17, 15) is 4.79 Å². The van der Waals surface area contributed by atoms with Crippen LogP contribution in [0.5, 0.6) is 0 Å². The number of piperidine rings is 1. The van der Waals surface area contributed by atoms with Crippen LogP contribution in [0.1, 0.15) is 36.8 Å². The molecule has 2 N–H and O–H groups in total. The Morgan fingerprint density at radius 1 is 1.37 bits per heavy atom. The fraction of sp³-hybridized carbons (Fsp3) is 0.533. The molecule has 0 saturated carbocycles. The summed E-state index contributed by atoms with van der Waals surface area (Å²) >= 11 is 0. The molecule has 3 nitrogen and oxygen atoms in total. The maximum atomic E-state index is 11.5. The van der Waals surface area contributed by atoms with E-state index < -0.39 is 0 Å². The van der Waals surface area contributed by atoms with Crippen LogP contribution >= 0.6 is 12.4 Å². The summed E-state index contributed by atoms with van der Waals surface area (Å²) in [5.74, 6) is 0.738. The molecule has 1 unspecified atom stereocenters. The third kappa shape index (κ3) is 4.84. The molecule has 0 aliphatic carbocycles. The van der Waals surface area contributed by atoms with Gasteiger partial charge in [0.25, 0.3) is 0 Å². The van der Waals surface area contributed by atoms with Gasteiger partial charge in [0.2, 0.25) is 5.91 Å². The average molecular weight is 283 g/mol. The first-order valence-corrected chi connectivity index (χ1v) is 6.86. The SMILES string of the molecule is CCNC(=O)Cc1ccc(C2CCCNC2)cc1.Cl. The number of likely N-dealkylation sites (N-methyl/N-ethyl adjacent to an activating group) is 1. The summed E-state index contributed by atoms with van der Waals surface area (Å²) in [5.41, 5.74) is 2.48. The van der Waals surface area contributed by atoms with E-state index in [1.807, 2.05) is 6.92 Å². The van der Waals surface area contributed by atoms with Gasteiger partial charge < -0.3 is 10.6 Å². The summed E-state index contributed by atoms with van der Waals surface area (Å²) in [5, 5.41) is 6.26. The van der Waals surface area contributed by atoms with Gasteiger partial charge in [-0.25, -0.2) is 0 Å². The van der Waals surface area contributed by atoms with Crippen LogP contribution in [0, 0.1) is 0 Å². The Balaban J connectivity index is 0.00000180. The van der Waals surface area contributed by atoms with Crippen LogP contribution in [-0.2, 0) is 11.2 Å². The van der Waals surface area contributed by atoms with E-state index in [2.05, 4.69) is 34.9 Å². The molecule has 1 atom stereocenters. The van der Waals surface area contributed by atoms with Gasteiger partial charge in [-0.15, -0.1) is 12.4 Å². The van der Waals surface area contributed by atoms with Crippen molar-refractivity contribution in [3.05, 3.63) is 35.4 Å². The van der Waals surface area contributed by atoms with Crippen molar-refractivity contribution in [1.82, 2.24) is 10.6 Å². The maximum Gasteiger partial charge on any atom is 0.224 e. The van der Waals surface area contributed by atoms with Crippen molar-refractivity contribution in [1.29, 1.82) is 0 Å². The highest BCUT2D eigenvalue weighted by atomic mass is 35.5. The molecule has 1 aromatic rings. The Kier molecular flexibility index (Phi) is 6.89. The summed E-state index contributed by atoms with van der Waals surface area (Å²) in [4.78, 5) is 11.5. The Hall–Kier alpha value is -1.06. The molecule has 0 bridgehead atoms. The molecule has 1 aromatic carbocycles. The molecular formula is C15H23ClN2O. The quantitative estimate of drug-likeness (QED) is 0.889. The zero-order valence-electron chi connectivity index (χ0n) is 11.4. The highest BCUT2D eigenvalue weighted by Crippen LogP contribution is 2.23. The molecule has 1 fully saturated rings. The monoisotopic (exact) mass is 282 g/mol. The number of carbonyl (C=O) groups excluding carboxylic acids is 1. The number of carbonyl (C=O) groups is 1. The fourth-order valence-corrected chi connectivity index (χ4v) is 2.49. The molecule has 0 aromatic heterocycles. The van der Waals surface area contributed by atoms with Crippen molar-refractivity contribution < 1.29 is 4.79 Å². The van der Waals surface area contributed by atoms with Crippen molar-refractivity contribution in [2.45, 2.75) is 32.1 Å². The minimum Gasteiger partial charge on any atom is -0.356 e. The molecule has 0 spiro atoms. The van der Waals surface area contributed by atoms with Crippen LogP contribution < -0.4 is 10.6 Å². The van der Waals surface area contributed by atoms with E-state index >= 15 is 0 Å². The molecule has 106 valence electrons. The molecule has 1 aliphatic heterocycles. The molecule has 19 heavy (non-hydrogen) atoms. The Labute approximate surface area is 121 Å². The number of rotatable bonds is 4. The summed E-state index contributed by atoms with van der Waals surface area (Å²) in [6.07, 6.45) is 3.00. The van der Waals surface area contributed by atoms with Crippen LogP contribution in [0.3, 0.4) is 0 Å². The third-order valence-electron chi connectivity index (χ3n) is 3.49. The lowest BCUT2D eigenvalue weighted by atomic mass is 9.91. The predicted octanol–water partition coefficient (Wildman–Crippen LogP) is 2.25. The highest BCUT2D eigenvalue weighted by molar-refractivity contribution is 5.85. The van der Waals surface area contributed by atoms with Gasteiger partial charge in [0, 0.05) is 13.1 Å².